The number of benzene rings is 1. The molecule has 0 radical (unpaired) electrons. The van der Waals surface area contributed by atoms with Crippen LogP contribution in [0.15, 0.2) is 36.4 Å². The molecule has 2 heterocycles. The van der Waals surface area contributed by atoms with Crippen LogP contribution in [-0.4, -0.2) is 48.6 Å². The van der Waals surface area contributed by atoms with E-state index in [4.69, 9.17) is 0 Å². The molecule has 0 spiro atoms. The molecule has 1 saturated heterocycles. The summed E-state index contributed by atoms with van der Waals surface area (Å²) in [5, 5.41) is 2.99. The fraction of sp³-hybridized carbons (Fsp3) is 0.421. The zero-order chi connectivity index (χ0) is 17.1. The predicted octanol–water partition coefficient (Wildman–Crippen LogP) is 2.50. The van der Waals surface area contributed by atoms with Crippen LogP contribution in [0.2, 0.25) is 0 Å². The van der Waals surface area contributed by atoms with Crippen molar-refractivity contribution in [3.8, 4) is 0 Å². The summed E-state index contributed by atoms with van der Waals surface area (Å²) in [7, 11) is 2.16. The van der Waals surface area contributed by atoms with Gasteiger partial charge in [0.25, 0.3) is 0 Å². The smallest absolute Gasteiger partial charge is 0.244 e. The Morgan fingerprint density at radius 1 is 0.958 bits per heavy atom. The van der Waals surface area contributed by atoms with Crippen LogP contribution in [0.1, 0.15) is 11.4 Å². The van der Waals surface area contributed by atoms with Gasteiger partial charge in [-0.1, -0.05) is 0 Å². The molecule has 0 atom stereocenters. The van der Waals surface area contributed by atoms with Crippen molar-refractivity contribution in [3.63, 3.8) is 0 Å². The molecule has 1 aromatic heterocycles. The number of rotatable bonds is 4. The van der Waals surface area contributed by atoms with E-state index in [0.717, 1.165) is 43.3 Å². The second kappa shape index (κ2) is 7.09. The summed E-state index contributed by atoms with van der Waals surface area (Å²) >= 11 is 0. The van der Waals surface area contributed by atoms with Crippen molar-refractivity contribution in [2.75, 3.05) is 43.4 Å². The van der Waals surface area contributed by atoms with Gasteiger partial charge in [-0.2, -0.15) is 0 Å². The van der Waals surface area contributed by atoms with Gasteiger partial charge >= 0.3 is 0 Å². The molecule has 3 rings (SSSR count). The second-order valence-corrected chi connectivity index (χ2v) is 6.59. The van der Waals surface area contributed by atoms with E-state index in [2.05, 4.69) is 34.3 Å². The molecule has 1 aliphatic rings. The van der Waals surface area contributed by atoms with E-state index in [-0.39, 0.29) is 5.91 Å². The Morgan fingerprint density at radius 3 is 2.12 bits per heavy atom. The highest BCUT2D eigenvalue weighted by Crippen LogP contribution is 2.19. The lowest BCUT2D eigenvalue weighted by Crippen LogP contribution is -2.44. The molecule has 0 unspecified atom stereocenters. The lowest BCUT2D eigenvalue weighted by molar-refractivity contribution is -0.116. The number of aryl methyl sites for hydroxylation is 2. The van der Waals surface area contributed by atoms with Gasteiger partial charge in [-0.15, -0.1) is 0 Å². The average Bonchev–Trinajstić information content (AvgIpc) is 2.88. The predicted molar refractivity (Wildman–Crippen MR) is 98.7 cm³/mol. The Hall–Kier alpha value is -2.27. The van der Waals surface area contributed by atoms with Gasteiger partial charge in [0.1, 0.15) is 6.54 Å². The lowest BCUT2D eigenvalue weighted by Gasteiger charge is -2.34. The third-order valence-corrected chi connectivity index (χ3v) is 4.74. The van der Waals surface area contributed by atoms with Crippen LogP contribution in [0.4, 0.5) is 11.4 Å². The summed E-state index contributed by atoms with van der Waals surface area (Å²) in [4.78, 5) is 17.0. The van der Waals surface area contributed by atoms with E-state index < -0.39 is 0 Å². The van der Waals surface area contributed by atoms with Crippen LogP contribution in [0.5, 0.6) is 0 Å². The molecular formula is C19H26N4O. The first-order valence-corrected chi connectivity index (χ1v) is 8.49. The number of nitrogens with zero attached hydrogens (tertiary/aromatic N) is 3. The van der Waals surface area contributed by atoms with Gasteiger partial charge in [0, 0.05) is 48.9 Å². The minimum absolute atomic E-state index is 0.00440. The Labute approximate surface area is 143 Å². The number of hydrogen-bond acceptors (Lipinski definition) is 3. The number of carbonyl (C=O) groups is 1. The van der Waals surface area contributed by atoms with Gasteiger partial charge in [-0.25, -0.2) is 0 Å². The summed E-state index contributed by atoms with van der Waals surface area (Å²) < 4.78 is 2.02. The van der Waals surface area contributed by atoms with Gasteiger partial charge < -0.3 is 19.7 Å². The number of aromatic nitrogens is 1. The zero-order valence-corrected chi connectivity index (χ0v) is 14.7. The van der Waals surface area contributed by atoms with E-state index in [1.807, 2.05) is 42.7 Å². The molecule has 24 heavy (non-hydrogen) atoms. The topological polar surface area (TPSA) is 40.5 Å². The molecule has 5 heteroatoms. The highest BCUT2D eigenvalue weighted by Gasteiger charge is 2.14. The summed E-state index contributed by atoms with van der Waals surface area (Å²) in [6, 6.07) is 12.2. The van der Waals surface area contributed by atoms with Crippen molar-refractivity contribution in [3.05, 3.63) is 47.8 Å². The fourth-order valence-electron chi connectivity index (χ4n) is 3.11. The van der Waals surface area contributed by atoms with Crippen LogP contribution < -0.4 is 10.2 Å². The molecule has 1 fully saturated rings. The summed E-state index contributed by atoms with van der Waals surface area (Å²) in [6.45, 7) is 8.67. The first-order chi connectivity index (χ1) is 11.5. The molecule has 5 nitrogen and oxygen atoms in total. The van der Waals surface area contributed by atoms with E-state index in [9.17, 15) is 4.79 Å². The van der Waals surface area contributed by atoms with Crippen LogP contribution in [0.25, 0.3) is 0 Å². The van der Waals surface area contributed by atoms with Crippen LogP contribution in [0, 0.1) is 13.8 Å². The van der Waals surface area contributed by atoms with E-state index in [1.165, 1.54) is 5.69 Å². The molecule has 2 aromatic rings. The maximum atomic E-state index is 12.3. The molecular weight excluding hydrogens is 300 g/mol. The van der Waals surface area contributed by atoms with Gasteiger partial charge in [-0.3, -0.25) is 4.79 Å². The number of anilines is 2. The second-order valence-electron chi connectivity index (χ2n) is 6.59. The number of nitrogens with one attached hydrogen (secondary N) is 1. The first kappa shape index (κ1) is 16.6. The fourth-order valence-corrected chi connectivity index (χ4v) is 3.11. The lowest BCUT2D eigenvalue weighted by atomic mass is 10.2. The first-order valence-electron chi connectivity index (χ1n) is 8.49. The maximum Gasteiger partial charge on any atom is 0.244 e. The summed E-state index contributed by atoms with van der Waals surface area (Å²) in [6.07, 6.45) is 0. The minimum atomic E-state index is 0.00440. The Kier molecular flexibility index (Phi) is 4.90. The molecule has 1 N–H and O–H groups in total. The van der Waals surface area contributed by atoms with E-state index in [1.54, 1.807) is 0 Å². The molecule has 1 aromatic carbocycles. The summed E-state index contributed by atoms with van der Waals surface area (Å²) in [5.41, 5.74) is 4.28. The van der Waals surface area contributed by atoms with Crippen molar-refractivity contribution < 1.29 is 4.79 Å². The van der Waals surface area contributed by atoms with Crippen LogP contribution >= 0.6 is 0 Å². The maximum absolute atomic E-state index is 12.3. The monoisotopic (exact) mass is 326 g/mol. The third-order valence-electron chi connectivity index (χ3n) is 4.74. The molecule has 1 aliphatic heterocycles. The van der Waals surface area contributed by atoms with Gasteiger partial charge in [0.05, 0.1) is 0 Å². The molecule has 128 valence electrons. The van der Waals surface area contributed by atoms with Crippen molar-refractivity contribution in [2.24, 2.45) is 0 Å². The standard InChI is InChI=1S/C19H26N4O/c1-15-4-5-16(2)23(15)14-19(24)20-17-6-8-18(9-7-17)22-12-10-21(3)11-13-22/h4-9H,10-14H2,1-3H3,(H,20,24). The molecule has 1 amide bonds. The normalized spacial score (nSPS) is 15.5. The largest absolute Gasteiger partial charge is 0.369 e. The number of amides is 1. The van der Waals surface area contributed by atoms with Crippen molar-refractivity contribution in [2.45, 2.75) is 20.4 Å². The van der Waals surface area contributed by atoms with Gasteiger partial charge in [-0.05, 0) is 57.3 Å². The highest BCUT2D eigenvalue weighted by molar-refractivity contribution is 5.90. The number of carbonyl (C=O) groups excluding carboxylic acids is 1. The number of likely N-dealkylation sites (N-methyl/N-ethyl adjacent to an activating group) is 1. The highest BCUT2D eigenvalue weighted by atomic mass is 16.1. The Bertz CT molecular complexity index is 677. The van der Waals surface area contributed by atoms with Crippen LogP contribution in [0.3, 0.4) is 0 Å². The van der Waals surface area contributed by atoms with E-state index in [0.29, 0.717) is 6.54 Å². The Balaban J connectivity index is 1.59. The zero-order valence-electron chi connectivity index (χ0n) is 14.7. The van der Waals surface area contributed by atoms with Gasteiger partial charge in [0.15, 0.2) is 0 Å². The number of piperazine rings is 1. The van der Waals surface area contributed by atoms with Crippen LogP contribution in [-0.2, 0) is 11.3 Å². The van der Waals surface area contributed by atoms with Crippen molar-refractivity contribution in [1.29, 1.82) is 0 Å². The SMILES string of the molecule is Cc1ccc(C)n1CC(=O)Nc1ccc(N2CCN(C)CC2)cc1. The molecule has 0 saturated carbocycles. The quantitative estimate of drug-likeness (QED) is 0.938. The number of hydrogen-bond donors (Lipinski definition) is 1. The third kappa shape index (κ3) is 3.79. The minimum Gasteiger partial charge on any atom is -0.369 e. The van der Waals surface area contributed by atoms with Crippen molar-refractivity contribution >= 4 is 17.3 Å². The van der Waals surface area contributed by atoms with Gasteiger partial charge in [0.2, 0.25) is 5.91 Å². The molecule has 0 bridgehead atoms. The average molecular weight is 326 g/mol. The summed E-state index contributed by atoms with van der Waals surface area (Å²) in [5.74, 6) is 0.00440. The van der Waals surface area contributed by atoms with E-state index >= 15 is 0 Å². The van der Waals surface area contributed by atoms with Crippen molar-refractivity contribution in [1.82, 2.24) is 9.47 Å². The Morgan fingerprint density at radius 2 is 1.54 bits per heavy atom. The molecule has 0 aliphatic carbocycles.